The molecule has 0 bridgehead atoms. The molecular weight excluding hydrogens is 680 g/mol. The number of amides is 2. The molecule has 0 spiro atoms. The van der Waals surface area contributed by atoms with Crippen LogP contribution in [0.3, 0.4) is 0 Å². The van der Waals surface area contributed by atoms with Gasteiger partial charge in [0.25, 0.3) is 0 Å². The average molecular weight is 726 g/mol. The number of aromatic amines is 1. The molecule has 1 aliphatic rings. The Balaban J connectivity index is 0.00000676. The van der Waals surface area contributed by atoms with Crippen molar-refractivity contribution in [2.24, 2.45) is 11.1 Å². The van der Waals surface area contributed by atoms with E-state index in [2.05, 4.69) is 20.3 Å². The van der Waals surface area contributed by atoms with E-state index in [1.165, 1.54) is 24.3 Å². The van der Waals surface area contributed by atoms with Crippen molar-refractivity contribution < 1.29 is 61.3 Å². The van der Waals surface area contributed by atoms with Crippen LogP contribution in [0.25, 0.3) is 10.9 Å². The number of nitrogens with one attached hydrogen (secondary N) is 4. The molecule has 8 N–H and O–H groups in total. The zero-order valence-corrected chi connectivity index (χ0v) is 30.1. The van der Waals surface area contributed by atoms with Crippen LogP contribution in [0, 0.1) is 5.41 Å². The Labute approximate surface area is 304 Å². The molecule has 268 valence electrons. The Morgan fingerprint density at radius 1 is 1.02 bits per heavy atom. The van der Waals surface area contributed by atoms with Crippen LogP contribution < -0.4 is 45.1 Å². The number of aromatic nitrogens is 1. The fourth-order valence-electron chi connectivity index (χ4n) is 6.49. The number of nitrogens with two attached hydrogens (primary N) is 1. The number of aliphatic carboxylic acids is 1. The van der Waals surface area contributed by atoms with Crippen LogP contribution in [0.2, 0.25) is 0 Å². The number of unbranched alkanes of at least 4 members (excludes halogenated alkanes) is 1. The van der Waals surface area contributed by atoms with Gasteiger partial charge in [0.15, 0.2) is 0 Å². The summed E-state index contributed by atoms with van der Waals surface area (Å²) in [5, 5.41) is 28.0. The molecule has 50 heavy (non-hydrogen) atoms. The Kier molecular flexibility index (Phi) is 14.7. The van der Waals surface area contributed by atoms with Gasteiger partial charge in [0.2, 0.25) is 29.2 Å². The van der Waals surface area contributed by atoms with Crippen LogP contribution >= 0.6 is 7.37 Å². The third-order valence-electron chi connectivity index (χ3n) is 9.04. The van der Waals surface area contributed by atoms with Gasteiger partial charge in [-0.25, -0.2) is 13.1 Å². The number of carboxylic acid groups (broad SMARTS) is 1. The molecule has 3 aromatic rings. The van der Waals surface area contributed by atoms with E-state index in [-0.39, 0.29) is 56.7 Å². The summed E-state index contributed by atoms with van der Waals surface area (Å²) < 4.78 is 40.9. The minimum atomic E-state index is -4.50. The first-order valence-corrected chi connectivity index (χ1v) is 20.1. The standard InChI is InChI=1S/C33H46N5O9PS.Li/c1-49(46,47)38-27(10-4-7-17-34)30(40)37-29(18-22-11-13-24(39)14-12-22)48(44,45)21-33(15-5-6-16-33)32(43)36-28(31(41)42)19-23-20-35-26-9-3-2-8-25(23)26;/h2-3,8-9,11-14,20,27-29,35,38-39H,4-7,10,15-19,21,34H2,1H3,(H,36,43)(H,37,40)(H,41,42)(H,44,45);/q;+1/p-1/t27-,28-,29+;/m0./s1. The number of benzene rings is 2. The van der Waals surface area contributed by atoms with E-state index in [9.17, 15) is 42.5 Å². The van der Waals surface area contributed by atoms with E-state index >= 15 is 0 Å². The predicted octanol–water partition coefficient (Wildman–Crippen LogP) is -1.78. The number of carboxylic acids is 1. The number of rotatable bonds is 18. The molecule has 4 rings (SSSR count). The largest absolute Gasteiger partial charge is 1.00 e. The summed E-state index contributed by atoms with van der Waals surface area (Å²) in [4.78, 5) is 54.6. The van der Waals surface area contributed by atoms with E-state index in [4.69, 9.17) is 5.73 Å². The summed E-state index contributed by atoms with van der Waals surface area (Å²) in [6.45, 7) is 0.327. The summed E-state index contributed by atoms with van der Waals surface area (Å²) in [7, 11) is -8.34. The number of phenolic OH excluding ortho intramolecular Hbond substituents is 1. The molecule has 2 amide bonds. The number of H-pyrrole nitrogens is 1. The molecule has 1 aliphatic carbocycles. The molecule has 1 saturated carbocycles. The zero-order valence-electron chi connectivity index (χ0n) is 28.4. The second-order valence-electron chi connectivity index (χ2n) is 12.9. The molecule has 0 radical (unpaired) electrons. The van der Waals surface area contributed by atoms with E-state index < -0.39 is 64.6 Å². The first-order chi connectivity index (χ1) is 23.1. The van der Waals surface area contributed by atoms with Crippen LogP contribution in [0.15, 0.2) is 54.7 Å². The number of sulfonamides is 1. The van der Waals surface area contributed by atoms with Crippen LogP contribution in [0.1, 0.15) is 56.1 Å². The third kappa shape index (κ3) is 11.2. The molecule has 2 aromatic carbocycles. The molecular formula is C33H45LiN5O9PS. The van der Waals surface area contributed by atoms with Gasteiger partial charge >= 0.3 is 18.9 Å². The van der Waals surface area contributed by atoms with E-state index in [1.807, 2.05) is 24.3 Å². The summed E-state index contributed by atoms with van der Waals surface area (Å²) in [5.74, 6) is -4.50. The maximum Gasteiger partial charge on any atom is 1.00 e. The maximum atomic E-state index is 14.4. The van der Waals surface area contributed by atoms with E-state index in [1.54, 1.807) is 6.20 Å². The first kappa shape index (κ1) is 41.3. The van der Waals surface area contributed by atoms with Gasteiger partial charge in [-0.2, -0.15) is 0 Å². The van der Waals surface area contributed by atoms with Gasteiger partial charge < -0.3 is 41.3 Å². The zero-order chi connectivity index (χ0) is 35.8. The molecule has 0 unspecified atom stereocenters. The average Bonchev–Trinajstić information content (AvgIpc) is 3.68. The number of aromatic hydroxyl groups is 1. The summed E-state index contributed by atoms with van der Waals surface area (Å²) in [6.07, 6.45) is 4.33. The van der Waals surface area contributed by atoms with Crippen molar-refractivity contribution in [1.82, 2.24) is 20.3 Å². The second kappa shape index (κ2) is 17.9. The Hall–Kier alpha value is -3.15. The van der Waals surface area contributed by atoms with Gasteiger partial charge in [-0.15, -0.1) is 0 Å². The summed E-state index contributed by atoms with van der Waals surface area (Å²) in [6, 6.07) is 10.5. The molecule has 1 heterocycles. The van der Waals surface area contributed by atoms with Crippen molar-refractivity contribution >= 4 is 46.1 Å². The SMILES string of the molecule is CS(=O)(=O)N[C@@H](CCCCN)C(=O)N[C@@H](Cc1ccc(O)cc1)[P@@](=O)(O)CC1(C(=O)N[C@@H](Cc2c[nH]c3ccccc23)C(=O)[O-])CCCC1.[Li+]. The minimum absolute atomic E-state index is 0. The second-order valence-corrected chi connectivity index (χ2v) is 17.2. The predicted molar refractivity (Wildman–Crippen MR) is 183 cm³/mol. The van der Waals surface area contributed by atoms with Gasteiger partial charge in [-0.3, -0.25) is 14.2 Å². The fourth-order valence-corrected chi connectivity index (χ4v) is 9.60. The molecule has 17 heteroatoms. The van der Waals surface area contributed by atoms with Crippen LogP contribution in [0.5, 0.6) is 5.75 Å². The van der Waals surface area contributed by atoms with Crippen molar-refractivity contribution in [3.8, 4) is 5.75 Å². The number of hydrogen-bond donors (Lipinski definition) is 7. The van der Waals surface area contributed by atoms with Crippen LogP contribution in [0.4, 0.5) is 0 Å². The molecule has 0 saturated heterocycles. The fraction of sp³-hybridized carbons (Fsp3) is 0.485. The smallest absolute Gasteiger partial charge is 0.548 e. The third-order valence-corrected chi connectivity index (χ3v) is 12.1. The molecule has 1 aromatic heterocycles. The van der Waals surface area contributed by atoms with Gasteiger partial charge in [0.1, 0.15) is 17.6 Å². The van der Waals surface area contributed by atoms with E-state index in [0.29, 0.717) is 43.4 Å². The number of para-hydroxylation sites is 1. The quantitative estimate of drug-likeness (QED) is 0.0442. The van der Waals surface area contributed by atoms with Crippen molar-refractivity contribution in [3.05, 3.63) is 65.9 Å². The molecule has 14 nitrogen and oxygen atoms in total. The molecule has 1 fully saturated rings. The minimum Gasteiger partial charge on any atom is -0.548 e. The van der Waals surface area contributed by atoms with E-state index in [0.717, 1.165) is 17.2 Å². The number of fused-ring (bicyclic) bond motifs is 1. The molecule has 0 aliphatic heterocycles. The van der Waals surface area contributed by atoms with Crippen molar-refractivity contribution in [3.63, 3.8) is 0 Å². The van der Waals surface area contributed by atoms with Gasteiger partial charge in [-0.05, 0) is 61.6 Å². The Morgan fingerprint density at radius 3 is 2.30 bits per heavy atom. The topological polar surface area (TPSA) is 244 Å². The number of hydrogen-bond acceptors (Lipinski definition) is 9. The van der Waals surface area contributed by atoms with Crippen molar-refractivity contribution in [1.29, 1.82) is 0 Å². The van der Waals surface area contributed by atoms with Gasteiger partial charge in [0.05, 0.1) is 23.7 Å². The Bertz CT molecular complexity index is 1780. The van der Waals surface area contributed by atoms with Crippen molar-refractivity contribution in [2.75, 3.05) is 19.0 Å². The monoisotopic (exact) mass is 725 g/mol. The van der Waals surface area contributed by atoms with Crippen molar-refractivity contribution in [2.45, 2.75) is 75.7 Å². The summed E-state index contributed by atoms with van der Waals surface area (Å²) >= 11 is 0. The number of carbonyl (C=O) groups excluding carboxylic acids is 3. The van der Waals surface area contributed by atoms with Gasteiger partial charge in [-0.1, -0.05) is 49.6 Å². The van der Waals surface area contributed by atoms with Crippen LogP contribution in [-0.4, -0.2) is 78.0 Å². The number of phenols is 1. The van der Waals surface area contributed by atoms with Crippen LogP contribution in [-0.2, 0) is 41.8 Å². The molecule has 4 atom stereocenters. The van der Waals surface area contributed by atoms with Gasteiger partial charge in [0, 0.05) is 36.1 Å². The first-order valence-electron chi connectivity index (χ1n) is 16.3. The Morgan fingerprint density at radius 2 is 1.68 bits per heavy atom. The normalized spacial score (nSPS) is 17.2. The summed E-state index contributed by atoms with van der Waals surface area (Å²) in [5.41, 5.74) is 6.10. The maximum absolute atomic E-state index is 14.4. The number of carbonyl (C=O) groups is 3.